The molecule has 0 aromatic carbocycles. The van der Waals surface area contributed by atoms with Gasteiger partial charge in [-0.15, -0.1) is 0 Å². The van der Waals surface area contributed by atoms with Gasteiger partial charge in [-0.3, -0.25) is 0 Å². The first-order valence-corrected chi connectivity index (χ1v) is 6.47. The second kappa shape index (κ2) is 5.78. The highest BCUT2D eigenvalue weighted by Crippen LogP contribution is 2.27. The van der Waals surface area contributed by atoms with E-state index >= 15 is 0 Å². The minimum atomic E-state index is 0.339. The van der Waals surface area contributed by atoms with Gasteiger partial charge in [-0.1, -0.05) is 13.3 Å². The van der Waals surface area contributed by atoms with Crippen LogP contribution < -0.4 is 10.6 Å². The second-order valence-corrected chi connectivity index (χ2v) is 4.75. The SMILES string of the molecule is CCC1CCN(c2cnc(C#N)cn2)C(CN)C1. The van der Waals surface area contributed by atoms with Crippen molar-refractivity contribution < 1.29 is 0 Å². The minimum absolute atomic E-state index is 0.339. The third kappa shape index (κ3) is 2.59. The summed E-state index contributed by atoms with van der Waals surface area (Å²) in [6.45, 7) is 3.84. The van der Waals surface area contributed by atoms with Crippen LogP contribution in [0, 0.1) is 17.2 Å². The molecule has 2 N–H and O–H groups in total. The summed E-state index contributed by atoms with van der Waals surface area (Å²) < 4.78 is 0. The number of nitriles is 1. The molecule has 2 rings (SSSR count). The lowest BCUT2D eigenvalue weighted by atomic mass is 9.89. The van der Waals surface area contributed by atoms with Gasteiger partial charge < -0.3 is 10.6 Å². The molecule has 1 aliphatic heterocycles. The Morgan fingerprint density at radius 2 is 2.33 bits per heavy atom. The summed E-state index contributed by atoms with van der Waals surface area (Å²) in [7, 11) is 0. The first kappa shape index (κ1) is 12.8. The predicted octanol–water partition coefficient (Wildman–Crippen LogP) is 1.30. The van der Waals surface area contributed by atoms with Crippen LogP contribution in [0.5, 0.6) is 0 Å². The van der Waals surface area contributed by atoms with Crippen molar-refractivity contribution in [1.82, 2.24) is 9.97 Å². The van der Waals surface area contributed by atoms with Gasteiger partial charge in [0.25, 0.3) is 0 Å². The minimum Gasteiger partial charge on any atom is -0.351 e. The molecular formula is C13H19N5. The van der Waals surface area contributed by atoms with E-state index in [1.54, 1.807) is 6.20 Å². The lowest BCUT2D eigenvalue weighted by Gasteiger charge is -2.39. The maximum Gasteiger partial charge on any atom is 0.158 e. The summed E-state index contributed by atoms with van der Waals surface area (Å²) in [6, 6.07) is 2.32. The molecule has 5 heteroatoms. The Hall–Kier alpha value is -1.67. The van der Waals surface area contributed by atoms with Crippen LogP contribution in [-0.2, 0) is 0 Å². The normalized spacial score (nSPS) is 23.7. The van der Waals surface area contributed by atoms with E-state index in [1.807, 2.05) is 6.07 Å². The molecule has 1 saturated heterocycles. The zero-order valence-electron chi connectivity index (χ0n) is 10.7. The molecule has 18 heavy (non-hydrogen) atoms. The highest BCUT2D eigenvalue weighted by atomic mass is 15.2. The van der Waals surface area contributed by atoms with Crippen LogP contribution in [0.25, 0.3) is 0 Å². The molecule has 1 aromatic heterocycles. The van der Waals surface area contributed by atoms with E-state index in [-0.39, 0.29) is 0 Å². The number of rotatable bonds is 3. The van der Waals surface area contributed by atoms with Crippen molar-refractivity contribution in [1.29, 1.82) is 5.26 Å². The molecule has 0 spiro atoms. The van der Waals surface area contributed by atoms with Crippen molar-refractivity contribution in [2.45, 2.75) is 32.2 Å². The van der Waals surface area contributed by atoms with Crippen LogP contribution in [0.3, 0.4) is 0 Å². The maximum atomic E-state index is 8.72. The predicted molar refractivity (Wildman–Crippen MR) is 70.0 cm³/mol. The van der Waals surface area contributed by atoms with Crippen molar-refractivity contribution in [3.8, 4) is 6.07 Å². The number of piperidine rings is 1. The number of anilines is 1. The van der Waals surface area contributed by atoms with Crippen LogP contribution in [0.2, 0.25) is 0 Å². The van der Waals surface area contributed by atoms with Gasteiger partial charge in [-0.25, -0.2) is 9.97 Å². The van der Waals surface area contributed by atoms with Gasteiger partial charge in [-0.05, 0) is 18.8 Å². The quantitative estimate of drug-likeness (QED) is 0.868. The second-order valence-electron chi connectivity index (χ2n) is 4.75. The van der Waals surface area contributed by atoms with E-state index in [1.165, 1.54) is 19.0 Å². The van der Waals surface area contributed by atoms with E-state index in [4.69, 9.17) is 11.0 Å². The van der Waals surface area contributed by atoms with Crippen LogP contribution in [0.15, 0.2) is 12.4 Å². The lowest BCUT2D eigenvalue weighted by molar-refractivity contribution is 0.334. The standard InChI is InChI=1S/C13H19N5/c1-2-10-3-4-18(12(5-10)7-15)13-9-16-11(6-14)8-17-13/h8-10,12H,2-5,7,15H2,1H3. The zero-order valence-corrected chi connectivity index (χ0v) is 10.7. The molecule has 96 valence electrons. The van der Waals surface area contributed by atoms with Gasteiger partial charge >= 0.3 is 0 Å². The van der Waals surface area contributed by atoms with Gasteiger partial charge in [0.1, 0.15) is 11.9 Å². The van der Waals surface area contributed by atoms with Gasteiger partial charge in [0.15, 0.2) is 5.69 Å². The van der Waals surface area contributed by atoms with Gasteiger partial charge in [0.05, 0.1) is 12.4 Å². The number of nitrogens with zero attached hydrogens (tertiary/aromatic N) is 4. The van der Waals surface area contributed by atoms with Crippen molar-refractivity contribution in [2.24, 2.45) is 11.7 Å². The zero-order chi connectivity index (χ0) is 13.0. The third-order valence-corrected chi connectivity index (χ3v) is 3.72. The van der Waals surface area contributed by atoms with E-state index in [0.29, 0.717) is 18.3 Å². The van der Waals surface area contributed by atoms with Crippen LogP contribution >= 0.6 is 0 Å². The number of hydrogen-bond acceptors (Lipinski definition) is 5. The smallest absolute Gasteiger partial charge is 0.158 e. The molecule has 0 bridgehead atoms. The summed E-state index contributed by atoms with van der Waals surface area (Å²) in [4.78, 5) is 10.6. The summed E-state index contributed by atoms with van der Waals surface area (Å²) in [5.74, 6) is 1.60. The molecule has 0 saturated carbocycles. The van der Waals surface area contributed by atoms with E-state index in [9.17, 15) is 0 Å². The monoisotopic (exact) mass is 245 g/mol. The topological polar surface area (TPSA) is 78.8 Å². The Labute approximate surface area is 108 Å². The Balaban J connectivity index is 2.13. The van der Waals surface area contributed by atoms with Gasteiger partial charge in [-0.2, -0.15) is 5.26 Å². The number of hydrogen-bond donors (Lipinski definition) is 1. The first-order valence-electron chi connectivity index (χ1n) is 6.47. The summed E-state index contributed by atoms with van der Waals surface area (Å²) in [6.07, 6.45) is 6.70. The fraction of sp³-hybridized carbons (Fsp3) is 0.615. The fourth-order valence-electron chi connectivity index (χ4n) is 2.56. The van der Waals surface area contributed by atoms with E-state index in [2.05, 4.69) is 21.8 Å². The third-order valence-electron chi connectivity index (χ3n) is 3.72. The van der Waals surface area contributed by atoms with Crippen molar-refractivity contribution in [3.63, 3.8) is 0 Å². The number of aromatic nitrogens is 2. The van der Waals surface area contributed by atoms with Crippen molar-refractivity contribution in [3.05, 3.63) is 18.1 Å². The fourth-order valence-corrected chi connectivity index (χ4v) is 2.56. The average molecular weight is 245 g/mol. The Kier molecular flexibility index (Phi) is 4.11. The summed E-state index contributed by atoms with van der Waals surface area (Å²) in [5.41, 5.74) is 6.22. The molecule has 0 amide bonds. The Bertz CT molecular complexity index is 422. The highest BCUT2D eigenvalue weighted by molar-refractivity contribution is 5.39. The molecule has 1 aromatic rings. The van der Waals surface area contributed by atoms with Crippen molar-refractivity contribution in [2.75, 3.05) is 18.0 Å². The lowest BCUT2D eigenvalue weighted by Crippen LogP contribution is -2.47. The van der Waals surface area contributed by atoms with Gasteiger partial charge in [0.2, 0.25) is 0 Å². The molecule has 0 radical (unpaired) electrons. The maximum absolute atomic E-state index is 8.72. The first-order chi connectivity index (χ1) is 8.78. The molecule has 0 aliphatic carbocycles. The van der Waals surface area contributed by atoms with Crippen LogP contribution in [0.4, 0.5) is 5.82 Å². The van der Waals surface area contributed by atoms with Gasteiger partial charge in [0, 0.05) is 19.1 Å². The van der Waals surface area contributed by atoms with Crippen LogP contribution in [0.1, 0.15) is 31.9 Å². The molecule has 5 nitrogen and oxygen atoms in total. The van der Waals surface area contributed by atoms with E-state index < -0.39 is 0 Å². The molecule has 2 atom stereocenters. The molecular weight excluding hydrogens is 226 g/mol. The van der Waals surface area contributed by atoms with Crippen LogP contribution in [-0.4, -0.2) is 29.1 Å². The largest absolute Gasteiger partial charge is 0.351 e. The van der Waals surface area contributed by atoms with Crippen molar-refractivity contribution >= 4 is 5.82 Å². The molecule has 1 aliphatic rings. The number of nitrogens with two attached hydrogens (primary N) is 1. The average Bonchev–Trinajstić information content (AvgIpc) is 2.46. The summed E-state index contributed by atoms with van der Waals surface area (Å²) >= 11 is 0. The molecule has 2 unspecified atom stereocenters. The van der Waals surface area contributed by atoms with E-state index in [0.717, 1.165) is 24.7 Å². The Morgan fingerprint density at radius 1 is 1.50 bits per heavy atom. The highest BCUT2D eigenvalue weighted by Gasteiger charge is 2.27. The molecule has 1 fully saturated rings. The summed E-state index contributed by atoms with van der Waals surface area (Å²) in [5, 5.41) is 8.72. The molecule has 2 heterocycles. The Morgan fingerprint density at radius 3 is 2.89 bits per heavy atom.